The van der Waals surface area contributed by atoms with Crippen LogP contribution in [0.15, 0.2) is 18.2 Å². The van der Waals surface area contributed by atoms with E-state index in [1.54, 1.807) is 18.2 Å². The largest absolute Gasteiger partial charge is 0.496 e. The molecule has 1 rings (SSSR count). The van der Waals surface area contributed by atoms with E-state index in [1.165, 1.54) is 7.11 Å². The van der Waals surface area contributed by atoms with Crippen molar-refractivity contribution >= 4 is 6.29 Å². The van der Waals surface area contributed by atoms with Crippen LogP contribution in [-0.2, 0) is 0 Å². The van der Waals surface area contributed by atoms with Crippen molar-refractivity contribution in [2.75, 3.05) is 7.11 Å². The standard InChI is InChI=1S/C9H8O2/c1-7-3-4-8(6-10)9(5-7)11-2/h1,3-6H,2H3. The second kappa shape index (κ2) is 3.19. The van der Waals surface area contributed by atoms with E-state index in [2.05, 4.69) is 0 Å². The minimum absolute atomic E-state index is 0.514. The normalized spacial score (nSPS) is 9.27. The lowest BCUT2D eigenvalue weighted by Gasteiger charge is -2.02. The van der Waals surface area contributed by atoms with E-state index in [1.807, 2.05) is 0 Å². The molecule has 0 aliphatic heterocycles. The molecule has 56 valence electrons. The van der Waals surface area contributed by atoms with Crippen LogP contribution in [0.2, 0.25) is 0 Å². The minimum atomic E-state index is 0.514. The number of carbonyl (C=O) groups is 1. The number of aldehydes is 1. The molecule has 0 bridgehead atoms. The number of hydrogen-bond donors (Lipinski definition) is 0. The Morgan fingerprint density at radius 2 is 2.27 bits per heavy atom. The number of carbonyl (C=O) groups excluding carboxylic acids is 1. The van der Waals surface area contributed by atoms with E-state index in [9.17, 15) is 4.79 Å². The van der Waals surface area contributed by atoms with Gasteiger partial charge in [0.1, 0.15) is 5.75 Å². The molecule has 0 aromatic heterocycles. The second-order valence-electron chi connectivity index (χ2n) is 2.12. The van der Waals surface area contributed by atoms with Gasteiger partial charge in [-0.2, -0.15) is 0 Å². The van der Waals surface area contributed by atoms with E-state index in [0.29, 0.717) is 16.9 Å². The van der Waals surface area contributed by atoms with Crippen LogP contribution in [0.3, 0.4) is 0 Å². The van der Waals surface area contributed by atoms with Gasteiger partial charge in [0.25, 0.3) is 0 Å². The summed E-state index contributed by atoms with van der Waals surface area (Å²) >= 11 is 0. The van der Waals surface area contributed by atoms with Crippen molar-refractivity contribution in [1.82, 2.24) is 0 Å². The first-order valence-electron chi connectivity index (χ1n) is 3.16. The van der Waals surface area contributed by atoms with E-state index < -0.39 is 0 Å². The Balaban J connectivity index is 3.16. The van der Waals surface area contributed by atoms with Gasteiger partial charge in [0, 0.05) is 0 Å². The summed E-state index contributed by atoms with van der Waals surface area (Å²) < 4.78 is 4.91. The topological polar surface area (TPSA) is 26.3 Å². The van der Waals surface area contributed by atoms with Gasteiger partial charge >= 0.3 is 0 Å². The maximum atomic E-state index is 10.4. The number of hydrogen-bond acceptors (Lipinski definition) is 2. The zero-order valence-electron chi connectivity index (χ0n) is 6.20. The van der Waals surface area contributed by atoms with Crippen LogP contribution in [0.4, 0.5) is 0 Å². The number of benzene rings is 1. The van der Waals surface area contributed by atoms with Crippen molar-refractivity contribution < 1.29 is 9.53 Å². The van der Waals surface area contributed by atoms with Gasteiger partial charge in [-0.05, 0) is 24.6 Å². The minimum Gasteiger partial charge on any atom is -0.496 e. The van der Waals surface area contributed by atoms with Gasteiger partial charge in [0.15, 0.2) is 6.29 Å². The SMILES string of the molecule is [CH]c1ccc(C=O)c(OC)c1. The molecule has 0 saturated heterocycles. The molecule has 0 aliphatic rings. The Morgan fingerprint density at radius 3 is 2.82 bits per heavy atom. The first-order chi connectivity index (χ1) is 5.27. The van der Waals surface area contributed by atoms with E-state index in [4.69, 9.17) is 11.7 Å². The third-order valence-electron chi connectivity index (χ3n) is 1.38. The lowest BCUT2D eigenvalue weighted by Crippen LogP contribution is -1.90. The van der Waals surface area contributed by atoms with Crippen LogP contribution in [0.25, 0.3) is 0 Å². The lowest BCUT2D eigenvalue weighted by atomic mass is 10.1. The molecular formula is C9H8O2. The summed E-state index contributed by atoms with van der Waals surface area (Å²) in [5, 5.41) is 0. The first kappa shape index (κ1) is 7.79. The van der Waals surface area contributed by atoms with Crippen molar-refractivity contribution in [3.8, 4) is 5.75 Å². The lowest BCUT2D eigenvalue weighted by molar-refractivity contribution is 0.112. The molecule has 1 aromatic carbocycles. The molecule has 0 unspecified atom stereocenters. The third kappa shape index (κ3) is 1.58. The molecule has 2 radical (unpaired) electrons. The van der Waals surface area contributed by atoms with Crippen molar-refractivity contribution in [3.05, 3.63) is 36.2 Å². The highest BCUT2D eigenvalue weighted by Crippen LogP contribution is 2.17. The van der Waals surface area contributed by atoms with Crippen LogP contribution in [-0.4, -0.2) is 13.4 Å². The Bertz CT molecular complexity index is 266. The third-order valence-corrected chi connectivity index (χ3v) is 1.38. The fraction of sp³-hybridized carbons (Fsp3) is 0.111. The molecule has 0 heterocycles. The molecule has 1 aromatic rings. The van der Waals surface area contributed by atoms with Gasteiger partial charge in [-0.15, -0.1) is 0 Å². The highest BCUT2D eigenvalue weighted by molar-refractivity contribution is 5.79. The summed E-state index contributed by atoms with van der Waals surface area (Å²) in [6.45, 7) is 5.46. The fourth-order valence-corrected chi connectivity index (χ4v) is 0.825. The molecule has 0 saturated carbocycles. The van der Waals surface area contributed by atoms with Crippen LogP contribution in [0.5, 0.6) is 5.75 Å². The Hall–Kier alpha value is -1.31. The zero-order valence-corrected chi connectivity index (χ0v) is 6.20. The van der Waals surface area contributed by atoms with Crippen LogP contribution in [0, 0.1) is 6.92 Å². The molecule has 0 amide bonds. The molecule has 0 fully saturated rings. The maximum Gasteiger partial charge on any atom is 0.153 e. The van der Waals surface area contributed by atoms with Gasteiger partial charge in [-0.1, -0.05) is 6.07 Å². The van der Waals surface area contributed by atoms with Gasteiger partial charge < -0.3 is 4.74 Å². The van der Waals surface area contributed by atoms with Gasteiger partial charge in [-0.3, -0.25) is 4.79 Å². The quantitative estimate of drug-likeness (QED) is 0.595. The average molecular weight is 148 g/mol. The number of ether oxygens (including phenoxy) is 1. The summed E-state index contributed by atoms with van der Waals surface area (Å²) in [4.78, 5) is 10.4. The van der Waals surface area contributed by atoms with Crippen LogP contribution < -0.4 is 4.74 Å². The van der Waals surface area contributed by atoms with E-state index in [0.717, 1.165) is 6.29 Å². The van der Waals surface area contributed by atoms with Crippen molar-refractivity contribution in [2.45, 2.75) is 0 Å². The molecule has 2 heteroatoms. The monoisotopic (exact) mass is 148 g/mol. The first-order valence-corrected chi connectivity index (χ1v) is 3.16. The summed E-state index contributed by atoms with van der Waals surface area (Å²) in [5.41, 5.74) is 1.11. The molecule has 0 N–H and O–H groups in total. The molecule has 2 nitrogen and oxygen atoms in total. The highest BCUT2D eigenvalue weighted by atomic mass is 16.5. The predicted molar refractivity (Wildman–Crippen MR) is 41.8 cm³/mol. The van der Waals surface area contributed by atoms with Crippen molar-refractivity contribution in [1.29, 1.82) is 0 Å². The smallest absolute Gasteiger partial charge is 0.153 e. The Morgan fingerprint density at radius 1 is 1.55 bits per heavy atom. The van der Waals surface area contributed by atoms with Crippen LogP contribution >= 0.6 is 0 Å². The second-order valence-corrected chi connectivity index (χ2v) is 2.12. The molecule has 0 aliphatic carbocycles. The average Bonchev–Trinajstić information content (AvgIpc) is 2.04. The summed E-state index contributed by atoms with van der Waals surface area (Å²) in [6, 6.07) is 4.90. The molecule has 0 spiro atoms. The van der Waals surface area contributed by atoms with Gasteiger partial charge in [0.05, 0.1) is 12.7 Å². The zero-order chi connectivity index (χ0) is 8.27. The molecular weight excluding hydrogens is 140 g/mol. The highest BCUT2D eigenvalue weighted by Gasteiger charge is 1.99. The van der Waals surface area contributed by atoms with Gasteiger partial charge in [0.2, 0.25) is 0 Å². The van der Waals surface area contributed by atoms with Crippen molar-refractivity contribution in [2.24, 2.45) is 0 Å². The number of rotatable bonds is 2. The molecule has 11 heavy (non-hydrogen) atoms. The van der Waals surface area contributed by atoms with Crippen molar-refractivity contribution in [3.63, 3.8) is 0 Å². The molecule has 0 atom stereocenters. The maximum absolute atomic E-state index is 10.4. The predicted octanol–water partition coefficient (Wildman–Crippen LogP) is 1.57. The summed E-state index contributed by atoms with van der Waals surface area (Å²) in [6.07, 6.45) is 0.734. The van der Waals surface area contributed by atoms with Gasteiger partial charge in [-0.25, -0.2) is 0 Å². The van der Waals surface area contributed by atoms with Crippen LogP contribution in [0.1, 0.15) is 15.9 Å². The Kier molecular flexibility index (Phi) is 2.26. The summed E-state index contributed by atoms with van der Waals surface area (Å²) in [7, 11) is 1.50. The number of methoxy groups -OCH3 is 1. The van der Waals surface area contributed by atoms with E-state index >= 15 is 0 Å². The fourth-order valence-electron chi connectivity index (χ4n) is 0.825. The Labute approximate surface area is 65.8 Å². The summed E-state index contributed by atoms with van der Waals surface area (Å²) in [5.74, 6) is 0.514. The van der Waals surface area contributed by atoms with E-state index in [-0.39, 0.29) is 0 Å².